The second kappa shape index (κ2) is 8.52. The van der Waals surface area contributed by atoms with Crippen molar-refractivity contribution in [2.24, 2.45) is 5.41 Å². The number of rotatable bonds is 4. The lowest BCUT2D eigenvalue weighted by atomic mass is 9.69. The topological polar surface area (TPSA) is 58.2 Å². The Balaban J connectivity index is 1.83. The van der Waals surface area contributed by atoms with E-state index in [1.807, 2.05) is 20.1 Å². The predicted molar refractivity (Wildman–Crippen MR) is 129 cm³/mol. The maximum atomic E-state index is 13.5. The number of halogens is 1. The summed E-state index contributed by atoms with van der Waals surface area (Å²) < 4.78 is 14.4. The van der Waals surface area contributed by atoms with Gasteiger partial charge in [-0.1, -0.05) is 13.8 Å². The van der Waals surface area contributed by atoms with Crippen LogP contribution < -0.4 is 10.6 Å². The van der Waals surface area contributed by atoms with E-state index < -0.39 is 5.92 Å². The third-order valence-electron chi connectivity index (χ3n) is 5.93. The Hall–Kier alpha value is -2.38. The fraction of sp³-hybridized carbons (Fsp3) is 0.360. The first-order valence-corrected chi connectivity index (χ1v) is 12.6. The van der Waals surface area contributed by atoms with Crippen molar-refractivity contribution in [3.8, 4) is 0 Å². The summed E-state index contributed by atoms with van der Waals surface area (Å²) in [5.41, 5.74) is 4.29. The number of ketones is 1. The smallest absolute Gasteiger partial charge is 0.254 e. The maximum absolute atomic E-state index is 13.5. The molecule has 1 aliphatic carbocycles. The summed E-state index contributed by atoms with van der Waals surface area (Å²) in [6.07, 6.45) is 3.23. The molecule has 0 unspecified atom stereocenters. The summed E-state index contributed by atoms with van der Waals surface area (Å²) in [5, 5.41) is 6.29. The predicted octanol–water partition coefficient (Wildman–Crippen LogP) is 6.16. The molecule has 1 aromatic carbocycles. The van der Waals surface area contributed by atoms with Gasteiger partial charge in [0.25, 0.3) is 5.91 Å². The van der Waals surface area contributed by atoms with Crippen molar-refractivity contribution in [1.82, 2.24) is 5.32 Å². The lowest BCUT2D eigenvalue weighted by Gasteiger charge is -2.39. The molecule has 2 N–H and O–H groups in total. The summed E-state index contributed by atoms with van der Waals surface area (Å²) in [4.78, 5) is 28.1. The molecule has 1 atom stereocenters. The molecule has 168 valence electrons. The second-order valence-corrected chi connectivity index (χ2v) is 11.5. The van der Waals surface area contributed by atoms with Crippen LogP contribution in [0.4, 0.5) is 10.1 Å². The summed E-state index contributed by atoms with van der Waals surface area (Å²) >= 11 is 3.32. The molecule has 1 aromatic heterocycles. The lowest BCUT2D eigenvalue weighted by molar-refractivity contribution is -0.118. The van der Waals surface area contributed by atoms with E-state index in [1.54, 1.807) is 23.1 Å². The second-order valence-electron chi connectivity index (χ2n) is 9.19. The Kier molecular flexibility index (Phi) is 6.07. The number of hydrogen-bond donors (Lipinski definition) is 2. The van der Waals surface area contributed by atoms with Gasteiger partial charge in [-0.15, -0.1) is 23.1 Å². The molecule has 2 heterocycles. The van der Waals surface area contributed by atoms with E-state index in [2.05, 4.69) is 30.5 Å². The molecule has 1 amide bonds. The average molecular weight is 471 g/mol. The molecule has 0 radical (unpaired) electrons. The van der Waals surface area contributed by atoms with E-state index in [0.717, 1.165) is 32.5 Å². The van der Waals surface area contributed by atoms with Crippen molar-refractivity contribution < 1.29 is 14.0 Å². The molecule has 7 heteroatoms. The molecule has 0 saturated heterocycles. The van der Waals surface area contributed by atoms with Gasteiger partial charge in [0.2, 0.25) is 0 Å². The molecule has 4 nitrogen and oxygen atoms in total. The van der Waals surface area contributed by atoms with Gasteiger partial charge in [0.05, 0.1) is 4.21 Å². The minimum atomic E-state index is -0.428. The van der Waals surface area contributed by atoms with Crippen LogP contribution in [0.15, 0.2) is 57.1 Å². The fourth-order valence-corrected chi connectivity index (χ4v) is 6.57. The van der Waals surface area contributed by atoms with Crippen LogP contribution in [0.3, 0.4) is 0 Å². The zero-order chi connectivity index (χ0) is 23.2. The molecule has 2 aliphatic rings. The number of Topliss-reactive ketones (excluding diaryl/α,β-unsaturated/α-hetero) is 1. The fourth-order valence-electron chi connectivity index (χ4n) is 4.65. The number of carbonyl (C=O) groups is 2. The lowest BCUT2D eigenvalue weighted by Crippen LogP contribution is -2.39. The summed E-state index contributed by atoms with van der Waals surface area (Å²) in [7, 11) is 0. The Morgan fingerprint density at radius 2 is 1.91 bits per heavy atom. The van der Waals surface area contributed by atoms with E-state index in [-0.39, 0.29) is 22.9 Å². The molecule has 0 fully saturated rings. The van der Waals surface area contributed by atoms with Crippen LogP contribution in [0.5, 0.6) is 0 Å². The highest BCUT2D eigenvalue weighted by Gasteiger charge is 2.43. The number of amides is 1. The summed E-state index contributed by atoms with van der Waals surface area (Å²) in [5.74, 6) is -0.988. The van der Waals surface area contributed by atoms with Gasteiger partial charge in [0, 0.05) is 45.4 Å². The van der Waals surface area contributed by atoms with E-state index >= 15 is 0 Å². The molecular formula is C25H27FN2O2S2. The Morgan fingerprint density at radius 3 is 2.56 bits per heavy atom. The number of hydrogen-bond acceptors (Lipinski definition) is 5. The summed E-state index contributed by atoms with van der Waals surface area (Å²) in [6.45, 7) is 8.14. The number of allylic oxidation sites excluding steroid dienone is 3. The van der Waals surface area contributed by atoms with Crippen LogP contribution in [-0.2, 0) is 9.59 Å². The van der Waals surface area contributed by atoms with Crippen molar-refractivity contribution in [3.05, 3.63) is 69.1 Å². The third-order valence-corrected chi connectivity index (χ3v) is 8.15. The van der Waals surface area contributed by atoms with Crippen molar-refractivity contribution in [1.29, 1.82) is 0 Å². The van der Waals surface area contributed by atoms with Crippen LogP contribution in [0.1, 0.15) is 50.0 Å². The molecule has 0 spiro atoms. The number of thioether (sulfide) groups is 1. The van der Waals surface area contributed by atoms with Gasteiger partial charge < -0.3 is 10.6 Å². The molecule has 0 bridgehead atoms. The largest absolute Gasteiger partial charge is 0.362 e. The number of aryl methyl sites for hydroxylation is 1. The van der Waals surface area contributed by atoms with Gasteiger partial charge in [-0.3, -0.25) is 9.59 Å². The Labute approximate surface area is 196 Å². The monoisotopic (exact) mass is 470 g/mol. The highest BCUT2D eigenvalue weighted by Crippen LogP contribution is 2.49. The Morgan fingerprint density at radius 1 is 1.22 bits per heavy atom. The first-order valence-electron chi connectivity index (χ1n) is 10.5. The molecule has 4 rings (SSSR count). The average Bonchev–Trinajstić information content (AvgIpc) is 3.08. The number of carbonyl (C=O) groups excluding carboxylic acids is 2. The zero-order valence-electron chi connectivity index (χ0n) is 18.9. The van der Waals surface area contributed by atoms with Gasteiger partial charge >= 0.3 is 0 Å². The van der Waals surface area contributed by atoms with Gasteiger partial charge in [0.1, 0.15) is 5.82 Å². The van der Waals surface area contributed by atoms with Crippen LogP contribution in [0, 0.1) is 18.2 Å². The highest BCUT2D eigenvalue weighted by molar-refractivity contribution is 8.00. The highest BCUT2D eigenvalue weighted by atomic mass is 32.2. The summed E-state index contributed by atoms with van der Waals surface area (Å²) in [6, 6.07) is 7.80. The molecule has 1 aliphatic heterocycles. The van der Waals surface area contributed by atoms with Crippen molar-refractivity contribution in [3.63, 3.8) is 0 Å². The van der Waals surface area contributed by atoms with E-state index in [4.69, 9.17) is 0 Å². The van der Waals surface area contributed by atoms with E-state index in [9.17, 15) is 14.0 Å². The number of thiophene rings is 1. The number of benzene rings is 1. The van der Waals surface area contributed by atoms with Crippen molar-refractivity contribution in [2.75, 3.05) is 11.6 Å². The number of dihydropyridines is 1. The van der Waals surface area contributed by atoms with E-state index in [0.29, 0.717) is 23.3 Å². The molecular weight excluding hydrogens is 443 g/mol. The van der Waals surface area contributed by atoms with E-state index in [1.165, 1.54) is 24.3 Å². The standard InChI is InChI=1S/C25H27FN2O2S2/c1-13-10-17(24(31-5)32-13)21-20(23(30)28-16-8-6-15(26)7-9-16)14(2)27-18-11-25(3,4)12-19(29)22(18)21/h6-10,21,27H,11-12H2,1-5H3,(H,28,30)/t21-/m1/s1. The van der Waals surface area contributed by atoms with Gasteiger partial charge in [-0.2, -0.15) is 0 Å². The van der Waals surface area contributed by atoms with Gasteiger partial charge in [-0.25, -0.2) is 4.39 Å². The zero-order valence-corrected chi connectivity index (χ0v) is 20.5. The third kappa shape index (κ3) is 4.28. The number of nitrogens with one attached hydrogen (secondary N) is 2. The van der Waals surface area contributed by atoms with Gasteiger partial charge in [0.15, 0.2) is 5.78 Å². The van der Waals surface area contributed by atoms with Crippen LogP contribution >= 0.6 is 23.1 Å². The van der Waals surface area contributed by atoms with Crippen LogP contribution in [-0.4, -0.2) is 17.9 Å². The van der Waals surface area contributed by atoms with Crippen molar-refractivity contribution >= 4 is 40.5 Å². The van der Waals surface area contributed by atoms with Crippen LogP contribution in [0.25, 0.3) is 0 Å². The molecule has 0 saturated carbocycles. The van der Waals surface area contributed by atoms with Gasteiger partial charge in [-0.05, 0) is 67.8 Å². The molecule has 32 heavy (non-hydrogen) atoms. The first-order chi connectivity index (χ1) is 15.1. The SMILES string of the molecule is CSc1sc(C)cc1[C@@H]1C(C(=O)Nc2ccc(F)cc2)=C(C)NC2=C1C(=O)CC(C)(C)C2. The van der Waals surface area contributed by atoms with Crippen molar-refractivity contribution in [2.45, 2.75) is 50.7 Å². The first kappa shape index (κ1) is 22.8. The van der Waals surface area contributed by atoms with Crippen LogP contribution in [0.2, 0.25) is 0 Å². The number of anilines is 1. The normalized spacial score (nSPS) is 20.2. The quantitative estimate of drug-likeness (QED) is 0.526. The maximum Gasteiger partial charge on any atom is 0.254 e. The molecule has 2 aromatic rings. The Bertz CT molecular complexity index is 1160. The minimum Gasteiger partial charge on any atom is -0.362 e. The minimum absolute atomic E-state index is 0.0873.